The number of nitrogens with two attached hydrogens (primary N) is 2. The predicted molar refractivity (Wildman–Crippen MR) is 91.8 cm³/mol. The van der Waals surface area contributed by atoms with Crippen LogP contribution in [0.4, 0.5) is 0 Å². The Bertz CT molecular complexity index is 745. The summed E-state index contributed by atoms with van der Waals surface area (Å²) in [6.07, 6.45) is 3.27. The molecular weight excluding hydrogens is 290 g/mol. The Morgan fingerprint density at radius 1 is 1.04 bits per heavy atom. The standard InChI is InChI=1S/C18H19N3O2/c1-12-2-7-14(8-3-12)15-9-4-13(5-10-15)6-11-16(21-20)17(19)18(22)23/h2-11,21H,19-20H2,1H3,(H,22,23)/b11-6+,17-16-. The third-order valence-corrected chi connectivity index (χ3v) is 3.41. The van der Waals surface area contributed by atoms with E-state index in [2.05, 4.69) is 36.6 Å². The van der Waals surface area contributed by atoms with E-state index in [1.165, 1.54) is 11.6 Å². The molecule has 0 aromatic heterocycles. The molecule has 0 radical (unpaired) electrons. The molecule has 118 valence electrons. The van der Waals surface area contributed by atoms with Gasteiger partial charge in [0.15, 0.2) is 0 Å². The lowest BCUT2D eigenvalue weighted by Crippen LogP contribution is -2.26. The van der Waals surface area contributed by atoms with E-state index in [9.17, 15) is 4.79 Å². The van der Waals surface area contributed by atoms with Crippen LogP contribution in [-0.4, -0.2) is 11.1 Å². The molecule has 2 aromatic rings. The van der Waals surface area contributed by atoms with Gasteiger partial charge in [-0.3, -0.25) is 5.84 Å². The van der Waals surface area contributed by atoms with Gasteiger partial charge in [-0.1, -0.05) is 60.2 Å². The Labute approximate surface area is 134 Å². The van der Waals surface area contributed by atoms with E-state index in [-0.39, 0.29) is 11.4 Å². The molecule has 5 heteroatoms. The lowest BCUT2D eigenvalue weighted by molar-refractivity contribution is -0.132. The molecule has 2 aromatic carbocycles. The van der Waals surface area contributed by atoms with E-state index in [0.29, 0.717) is 0 Å². The second-order valence-corrected chi connectivity index (χ2v) is 5.10. The summed E-state index contributed by atoms with van der Waals surface area (Å²) >= 11 is 0. The maximum atomic E-state index is 10.8. The van der Waals surface area contributed by atoms with Gasteiger partial charge in [-0.2, -0.15) is 0 Å². The van der Waals surface area contributed by atoms with Gasteiger partial charge >= 0.3 is 5.97 Å². The average molecular weight is 309 g/mol. The quantitative estimate of drug-likeness (QED) is 0.294. The van der Waals surface area contributed by atoms with E-state index in [4.69, 9.17) is 16.7 Å². The van der Waals surface area contributed by atoms with Crippen molar-refractivity contribution < 1.29 is 9.90 Å². The first-order valence-corrected chi connectivity index (χ1v) is 7.06. The highest BCUT2D eigenvalue weighted by Gasteiger charge is 2.06. The molecule has 6 N–H and O–H groups in total. The molecule has 23 heavy (non-hydrogen) atoms. The zero-order chi connectivity index (χ0) is 16.8. The normalized spacial score (nSPS) is 12.1. The molecule has 0 spiro atoms. The van der Waals surface area contributed by atoms with E-state index >= 15 is 0 Å². The number of rotatable bonds is 5. The number of aliphatic carboxylic acids is 1. The van der Waals surface area contributed by atoms with Crippen LogP contribution in [0.25, 0.3) is 17.2 Å². The lowest BCUT2D eigenvalue weighted by atomic mass is 10.0. The SMILES string of the molecule is Cc1ccc(-c2ccc(/C=C/C(NN)=C(/N)C(=O)O)cc2)cc1. The molecule has 0 fully saturated rings. The molecule has 0 atom stereocenters. The highest BCUT2D eigenvalue weighted by molar-refractivity contribution is 5.87. The van der Waals surface area contributed by atoms with Crippen molar-refractivity contribution in [3.05, 3.63) is 77.1 Å². The molecule has 2 rings (SSSR count). The number of allylic oxidation sites excluding steroid dienone is 1. The molecule has 5 nitrogen and oxygen atoms in total. The van der Waals surface area contributed by atoms with Crippen LogP contribution in [0.15, 0.2) is 66.0 Å². The Morgan fingerprint density at radius 2 is 1.57 bits per heavy atom. The van der Waals surface area contributed by atoms with Gasteiger partial charge in [0.25, 0.3) is 0 Å². The minimum atomic E-state index is -1.22. The predicted octanol–water partition coefficient (Wildman–Crippen LogP) is 2.39. The smallest absolute Gasteiger partial charge is 0.353 e. The maximum absolute atomic E-state index is 10.8. The molecule has 0 bridgehead atoms. The van der Waals surface area contributed by atoms with Crippen LogP contribution in [0, 0.1) is 6.92 Å². The van der Waals surface area contributed by atoms with Crippen molar-refractivity contribution in [1.29, 1.82) is 0 Å². The Balaban J connectivity index is 2.20. The van der Waals surface area contributed by atoms with E-state index in [1.54, 1.807) is 6.08 Å². The number of hydrazine groups is 1. The fourth-order valence-corrected chi connectivity index (χ4v) is 2.04. The Kier molecular flexibility index (Phi) is 5.17. The summed E-state index contributed by atoms with van der Waals surface area (Å²) in [7, 11) is 0. The number of carboxylic acid groups (broad SMARTS) is 1. The molecule has 0 aliphatic carbocycles. The minimum absolute atomic E-state index is 0.153. The summed E-state index contributed by atoms with van der Waals surface area (Å²) in [6, 6.07) is 16.2. The molecule has 0 saturated heterocycles. The van der Waals surface area contributed by atoms with Crippen molar-refractivity contribution in [3.63, 3.8) is 0 Å². The number of carboxylic acids is 1. The topological polar surface area (TPSA) is 101 Å². The van der Waals surface area contributed by atoms with Gasteiger partial charge < -0.3 is 16.3 Å². The van der Waals surface area contributed by atoms with Crippen LogP contribution < -0.4 is 17.0 Å². The van der Waals surface area contributed by atoms with Crippen LogP contribution >= 0.6 is 0 Å². The van der Waals surface area contributed by atoms with Gasteiger partial charge in [0, 0.05) is 0 Å². The maximum Gasteiger partial charge on any atom is 0.353 e. The zero-order valence-electron chi connectivity index (χ0n) is 12.8. The van der Waals surface area contributed by atoms with Crippen LogP contribution in [0.3, 0.4) is 0 Å². The van der Waals surface area contributed by atoms with Crippen LogP contribution in [0.1, 0.15) is 11.1 Å². The first kappa shape index (κ1) is 16.3. The number of carbonyl (C=O) groups is 1. The van der Waals surface area contributed by atoms with E-state index in [1.807, 2.05) is 24.3 Å². The first-order chi connectivity index (χ1) is 11.0. The molecule has 0 unspecified atom stereocenters. The lowest BCUT2D eigenvalue weighted by Gasteiger charge is -2.05. The van der Waals surface area contributed by atoms with Crippen molar-refractivity contribution in [1.82, 2.24) is 5.43 Å². The monoisotopic (exact) mass is 309 g/mol. The third kappa shape index (κ3) is 4.21. The molecule has 0 amide bonds. The fourth-order valence-electron chi connectivity index (χ4n) is 2.04. The number of benzene rings is 2. The molecule has 0 aliphatic heterocycles. The van der Waals surface area contributed by atoms with Gasteiger partial charge in [0.05, 0.1) is 5.70 Å². The van der Waals surface area contributed by atoms with Crippen molar-refractivity contribution in [2.45, 2.75) is 6.92 Å². The first-order valence-electron chi connectivity index (χ1n) is 7.06. The fraction of sp³-hybridized carbons (Fsp3) is 0.0556. The summed E-state index contributed by atoms with van der Waals surface area (Å²) in [5.74, 6) is 4.06. The Hall–Kier alpha value is -3.05. The Morgan fingerprint density at radius 3 is 2.04 bits per heavy atom. The summed E-state index contributed by atoms with van der Waals surface area (Å²) in [4.78, 5) is 10.8. The second kappa shape index (κ2) is 7.29. The number of hydrogen-bond acceptors (Lipinski definition) is 4. The summed E-state index contributed by atoms with van der Waals surface area (Å²) in [5, 5.41) is 8.85. The molecular formula is C18H19N3O2. The van der Waals surface area contributed by atoms with E-state index < -0.39 is 5.97 Å². The van der Waals surface area contributed by atoms with Crippen molar-refractivity contribution in [3.8, 4) is 11.1 Å². The summed E-state index contributed by atoms with van der Waals surface area (Å²) in [6.45, 7) is 2.05. The van der Waals surface area contributed by atoms with Crippen molar-refractivity contribution in [2.75, 3.05) is 0 Å². The highest BCUT2D eigenvalue weighted by atomic mass is 16.4. The summed E-state index contributed by atoms with van der Waals surface area (Å²) in [5.41, 5.74) is 11.9. The van der Waals surface area contributed by atoms with Crippen LogP contribution in [0.5, 0.6) is 0 Å². The van der Waals surface area contributed by atoms with Gasteiger partial charge in [-0.05, 0) is 29.7 Å². The average Bonchev–Trinajstić information content (AvgIpc) is 2.56. The largest absolute Gasteiger partial charge is 0.477 e. The van der Waals surface area contributed by atoms with Gasteiger partial charge in [-0.15, -0.1) is 0 Å². The number of hydrogen-bond donors (Lipinski definition) is 4. The second-order valence-electron chi connectivity index (χ2n) is 5.10. The number of nitrogens with one attached hydrogen (secondary N) is 1. The van der Waals surface area contributed by atoms with E-state index in [0.717, 1.165) is 16.7 Å². The van der Waals surface area contributed by atoms with Crippen molar-refractivity contribution >= 4 is 12.0 Å². The van der Waals surface area contributed by atoms with Gasteiger partial charge in [0.1, 0.15) is 5.70 Å². The minimum Gasteiger partial charge on any atom is -0.477 e. The van der Waals surface area contributed by atoms with Crippen LogP contribution in [0.2, 0.25) is 0 Å². The number of aryl methyl sites for hydroxylation is 1. The van der Waals surface area contributed by atoms with Crippen molar-refractivity contribution in [2.24, 2.45) is 11.6 Å². The third-order valence-electron chi connectivity index (χ3n) is 3.41. The summed E-state index contributed by atoms with van der Waals surface area (Å²) < 4.78 is 0. The molecule has 0 aliphatic rings. The zero-order valence-corrected chi connectivity index (χ0v) is 12.8. The van der Waals surface area contributed by atoms with Gasteiger partial charge in [-0.25, -0.2) is 4.79 Å². The highest BCUT2D eigenvalue weighted by Crippen LogP contribution is 2.20. The van der Waals surface area contributed by atoms with Crippen LogP contribution in [-0.2, 0) is 4.79 Å². The molecule has 0 heterocycles. The molecule has 0 saturated carbocycles. The van der Waals surface area contributed by atoms with Gasteiger partial charge in [0.2, 0.25) is 0 Å².